The van der Waals surface area contributed by atoms with E-state index in [2.05, 4.69) is 6.92 Å². The van der Waals surface area contributed by atoms with Crippen LogP contribution in [-0.2, 0) is 19.0 Å². The zero-order chi connectivity index (χ0) is 9.61. The second-order valence-electron chi connectivity index (χ2n) is 2.22. The van der Waals surface area contributed by atoms with Gasteiger partial charge < -0.3 is 14.2 Å². The zero-order valence-electron chi connectivity index (χ0n) is 7.75. The van der Waals surface area contributed by atoms with Gasteiger partial charge in [0.25, 0.3) is 0 Å². The highest BCUT2D eigenvalue weighted by Gasteiger charge is 2.28. The summed E-state index contributed by atoms with van der Waals surface area (Å²) in [5.41, 5.74) is 0. The van der Waals surface area contributed by atoms with E-state index in [0.717, 1.165) is 0 Å². The average molecular weight is 175 g/mol. The Kier molecular flexibility index (Phi) is 4.85. The standard InChI is InChI=1S/C8H15O4/c1-5-7(9)12-8(3,10-4)11-6-2/h1,5-6H2,2-4H3. The minimum Gasteiger partial charge on any atom is -0.408 e. The Hall–Kier alpha value is -0.610. The summed E-state index contributed by atoms with van der Waals surface area (Å²) in [5.74, 6) is -1.73. The molecule has 1 radical (unpaired) electrons. The number of esters is 1. The molecule has 0 aliphatic heterocycles. The van der Waals surface area contributed by atoms with E-state index in [9.17, 15) is 4.79 Å². The summed E-state index contributed by atoms with van der Waals surface area (Å²) in [5, 5.41) is 0. The maximum Gasteiger partial charge on any atom is 0.326 e. The lowest BCUT2D eigenvalue weighted by molar-refractivity contribution is -0.341. The molecule has 0 saturated heterocycles. The number of carbonyl (C=O) groups excluding carboxylic acids is 1. The Morgan fingerprint density at radius 3 is 2.50 bits per heavy atom. The molecule has 12 heavy (non-hydrogen) atoms. The van der Waals surface area contributed by atoms with Crippen LogP contribution in [-0.4, -0.2) is 25.7 Å². The van der Waals surface area contributed by atoms with Crippen molar-refractivity contribution in [1.29, 1.82) is 0 Å². The highest BCUT2D eigenvalue weighted by atomic mass is 16.9. The van der Waals surface area contributed by atoms with Crippen molar-refractivity contribution in [3.05, 3.63) is 6.92 Å². The molecule has 1 unspecified atom stereocenters. The molecule has 0 bridgehead atoms. The van der Waals surface area contributed by atoms with E-state index in [1.54, 1.807) is 6.92 Å². The highest BCUT2D eigenvalue weighted by Crippen LogP contribution is 2.13. The first kappa shape index (κ1) is 11.4. The van der Waals surface area contributed by atoms with E-state index < -0.39 is 11.9 Å². The van der Waals surface area contributed by atoms with Gasteiger partial charge in [-0.3, -0.25) is 4.79 Å². The van der Waals surface area contributed by atoms with Gasteiger partial charge >= 0.3 is 11.9 Å². The molecule has 1 atom stereocenters. The van der Waals surface area contributed by atoms with Crippen LogP contribution in [0.3, 0.4) is 0 Å². The van der Waals surface area contributed by atoms with Crippen LogP contribution in [0.4, 0.5) is 0 Å². The van der Waals surface area contributed by atoms with Crippen LogP contribution in [0.2, 0.25) is 0 Å². The van der Waals surface area contributed by atoms with Gasteiger partial charge in [0.2, 0.25) is 0 Å². The predicted octanol–water partition coefficient (Wildman–Crippen LogP) is 1.11. The summed E-state index contributed by atoms with van der Waals surface area (Å²) < 4.78 is 14.7. The Morgan fingerprint density at radius 1 is 1.58 bits per heavy atom. The molecule has 0 rings (SSSR count). The first-order chi connectivity index (χ1) is 5.58. The van der Waals surface area contributed by atoms with Crippen molar-refractivity contribution in [2.75, 3.05) is 13.7 Å². The first-order valence-corrected chi connectivity index (χ1v) is 3.78. The van der Waals surface area contributed by atoms with E-state index in [4.69, 9.17) is 14.2 Å². The molecule has 4 nitrogen and oxygen atoms in total. The summed E-state index contributed by atoms with van der Waals surface area (Å²) in [6.45, 7) is 7.11. The van der Waals surface area contributed by atoms with Crippen LogP contribution in [0, 0.1) is 6.92 Å². The van der Waals surface area contributed by atoms with Crippen molar-refractivity contribution >= 4 is 5.97 Å². The van der Waals surface area contributed by atoms with Crippen molar-refractivity contribution in [3.63, 3.8) is 0 Å². The van der Waals surface area contributed by atoms with Gasteiger partial charge in [-0.05, 0) is 13.8 Å². The SMILES string of the molecule is [CH2]CC(=O)OC(C)(OC)OCC. The lowest BCUT2D eigenvalue weighted by Crippen LogP contribution is -2.36. The molecule has 0 aromatic rings. The van der Waals surface area contributed by atoms with Gasteiger partial charge in [0.1, 0.15) is 0 Å². The third-order valence-electron chi connectivity index (χ3n) is 1.28. The van der Waals surface area contributed by atoms with Crippen LogP contribution in [0.1, 0.15) is 20.3 Å². The molecular weight excluding hydrogens is 160 g/mol. The number of hydrogen-bond acceptors (Lipinski definition) is 4. The molecule has 0 heterocycles. The number of rotatable bonds is 5. The third kappa shape index (κ3) is 3.69. The fraction of sp³-hybridized carbons (Fsp3) is 0.750. The lowest BCUT2D eigenvalue weighted by Gasteiger charge is -2.26. The van der Waals surface area contributed by atoms with Gasteiger partial charge in [-0.1, -0.05) is 0 Å². The monoisotopic (exact) mass is 175 g/mol. The van der Waals surface area contributed by atoms with Crippen LogP contribution in [0.25, 0.3) is 0 Å². The quantitative estimate of drug-likeness (QED) is 0.464. The Morgan fingerprint density at radius 2 is 2.17 bits per heavy atom. The fourth-order valence-corrected chi connectivity index (χ4v) is 0.650. The molecule has 0 saturated carbocycles. The normalized spacial score (nSPS) is 15.3. The number of hydrogen-bond donors (Lipinski definition) is 0. The second kappa shape index (κ2) is 5.11. The average Bonchev–Trinajstić information content (AvgIpc) is 2.05. The smallest absolute Gasteiger partial charge is 0.326 e. The number of carbonyl (C=O) groups is 1. The molecule has 0 aromatic carbocycles. The van der Waals surface area contributed by atoms with Crippen LogP contribution in [0.15, 0.2) is 0 Å². The summed E-state index contributed by atoms with van der Waals surface area (Å²) in [7, 11) is 1.41. The molecule has 71 valence electrons. The molecule has 0 spiro atoms. The topological polar surface area (TPSA) is 44.8 Å². The van der Waals surface area contributed by atoms with Gasteiger partial charge in [0, 0.05) is 20.5 Å². The van der Waals surface area contributed by atoms with Crippen LogP contribution in [0.5, 0.6) is 0 Å². The zero-order valence-corrected chi connectivity index (χ0v) is 7.75. The molecule has 0 aliphatic carbocycles. The summed E-state index contributed by atoms with van der Waals surface area (Å²) in [6, 6.07) is 0. The van der Waals surface area contributed by atoms with Crippen molar-refractivity contribution < 1.29 is 19.0 Å². The van der Waals surface area contributed by atoms with E-state index in [-0.39, 0.29) is 6.42 Å². The molecule has 4 heteroatoms. The van der Waals surface area contributed by atoms with Crippen LogP contribution >= 0.6 is 0 Å². The van der Waals surface area contributed by atoms with Crippen molar-refractivity contribution in [3.8, 4) is 0 Å². The third-order valence-corrected chi connectivity index (χ3v) is 1.28. The maximum absolute atomic E-state index is 10.8. The Bertz CT molecular complexity index is 146. The van der Waals surface area contributed by atoms with Gasteiger partial charge in [0.15, 0.2) is 0 Å². The summed E-state index contributed by atoms with van der Waals surface area (Å²) in [6.07, 6.45) is 0.0615. The largest absolute Gasteiger partial charge is 0.408 e. The van der Waals surface area contributed by atoms with E-state index >= 15 is 0 Å². The molecule has 0 aromatic heterocycles. The number of methoxy groups -OCH3 is 1. The maximum atomic E-state index is 10.8. The van der Waals surface area contributed by atoms with Gasteiger partial charge in [-0.25, -0.2) is 0 Å². The second-order valence-corrected chi connectivity index (χ2v) is 2.22. The molecule has 0 fully saturated rings. The highest BCUT2D eigenvalue weighted by molar-refractivity contribution is 5.70. The van der Waals surface area contributed by atoms with Crippen LogP contribution < -0.4 is 0 Å². The van der Waals surface area contributed by atoms with Gasteiger partial charge in [-0.2, -0.15) is 0 Å². The van der Waals surface area contributed by atoms with Gasteiger partial charge in [0.05, 0.1) is 6.61 Å². The minimum atomic E-state index is -1.27. The van der Waals surface area contributed by atoms with Crippen molar-refractivity contribution in [1.82, 2.24) is 0 Å². The summed E-state index contributed by atoms with van der Waals surface area (Å²) >= 11 is 0. The summed E-state index contributed by atoms with van der Waals surface area (Å²) in [4.78, 5) is 10.8. The van der Waals surface area contributed by atoms with Crippen molar-refractivity contribution in [2.24, 2.45) is 0 Å². The minimum absolute atomic E-state index is 0.0615. The predicted molar refractivity (Wildman–Crippen MR) is 43.1 cm³/mol. The van der Waals surface area contributed by atoms with Gasteiger partial charge in [-0.15, -0.1) is 0 Å². The first-order valence-electron chi connectivity index (χ1n) is 3.78. The van der Waals surface area contributed by atoms with E-state index in [0.29, 0.717) is 6.61 Å². The lowest BCUT2D eigenvalue weighted by atomic mass is 10.5. The number of ether oxygens (including phenoxy) is 3. The molecule has 0 N–H and O–H groups in total. The Balaban J connectivity index is 4.03. The molecule has 0 amide bonds. The molecular formula is C8H15O4. The van der Waals surface area contributed by atoms with E-state index in [1.165, 1.54) is 14.0 Å². The van der Waals surface area contributed by atoms with E-state index in [1.807, 2.05) is 0 Å². The van der Waals surface area contributed by atoms with Crippen molar-refractivity contribution in [2.45, 2.75) is 26.2 Å². The molecule has 0 aliphatic rings. The fourth-order valence-electron chi connectivity index (χ4n) is 0.650. The Labute approximate surface area is 72.8 Å².